The summed E-state index contributed by atoms with van der Waals surface area (Å²) in [6.45, 7) is 0. The molecule has 0 saturated heterocycles. The number of hydrogen-bond donors (Lipinski definition) is 1. The van der Waals surface area contributed by atoms with Crippen LogP contribution in [-0.2, 0) is 0 Å². The first-order valence-corrected chi connectivity index (χ1v) is 5.35. The Bertz CT molecular complexity index is 379. The van der Waals surface area contributed by atoms with Crippen LogP contribution in [0.3, 0.4) is 0 Å². The molecule has 0 bridgehead atoms. The first-order chi connectivity index (χ1) is 6.77. The van der Waals surface area contributed by atoms with Crippen LogP contribution in [0.4, 0.5) is 0 Å². The lowest BCUT2D eigenvalue weighted by molar-refractivity contribution is 0.473. The average molecular weight is 252 g/mol. The van der Waals surface area contributed by atoms with Crippen LogP contribution >= 0.6 is 15.9 Å². The first-order valence-electron chi connectivity index (χ1n) is 4.23. The molecule has 1 N–H and O–H groups in total. The highest BCUT2D eigenvalue weighted by molar-refractivity contribution is 9.09. The third-order valence-electron chi connectivity index (χ3n) is 1.73. The Kier molecular flexibility index (Phi) is 4.21. The number of aromatic hydroxyl groups is 1. The number of alkyl halides is 1. The second-order valence-corrected chi connectivity index (χ2v) is 3.56. The highest BCUT2D eigenvalue weighted by Crippen LogP contribution is 2.18. The molecular formula is C11H10BrNO. The molecule has 72 valence electrons. The van der Waals surface area contributed by atoms with Gasteiger partial charge in [0.2, 0.25) is 0 Å². The topological polar surface area (TPSA) is 44.0 Å². The lowest BCUT2D eigenvalue weighted by Crippen LogP contribution is -1.78. The van der Waals surface area contributed by atoms with Crippen molar-refractivity contribution in [3.63, 3.8) is 0 Å². The molecule has 0 unspecified atom stereocenters. The van der Waals surface area contributed by atoms with E-state index in [2.05, 4.69) is 15.9 Å². The van der Waals surface area contributed by atoms with E-state index in [9.17, 15) is 5.11 Å². The van der Waals surface area contributed by atoms with E-state index in [1.807, 2.05) is 24.3 Å². The minimum Gasteiger partial charge on any atom is -0.507 e. The summed E-state index contributed by atoms with van der Waals surface area (Å²) < 4.78 is 0. The van der Waals surface area contributed by atoms with Gasteiger partial charge in [-0.2, -0.15) is 5.26 Å². The van der Waals surface area contributed by atoms with E-state index in [0.29, 0.717) is 5.56 Å². The summed E-state index contributed by atoms with van der Waals surface area (Å²) >= 11 is 3.32. The number of rotatable bonds is 3. The summed E-state index contributed by atoms with van der Waals surface area (Å²) in [5.41, 5.74) is 1.21. The smallest absolute Gasteiger partial charge is 0.133 e. The molecule has 0 radical (unpaired) electrons. The van der Waals surface area contributed by atoms with E-state index in [-0.39, 0.29) is 5.75 Å². The lowest BCUT2D eigenvalue weighted by Gasteiger charge is -1.97. The summed E-state index contributed by atoms with van der Waals surface area (Å²) in [6, 6.07) is 6.92. The van der Waals surface area contributed by atoms with Crippen LogP contribution in [0.25, 0.3) is 6.08 Å². The maximum Gasteiger partial charge on any atom is 0.133 e. The van der Waals surface area contributed by atoms with Gasteiger partial charge in [-0.1, -0.05) is 34.1 Å². The molecule has 1 aromatic carbocycles. The molecule has 0 amide bonds. The number of halogens is 1. The minimum atomic E-state index is 0.0356. The second-order valence-electron chi connectivity index (χ2n) is 2.77. The highest BCUT2D eigenvalue weighted by Gasteiger charge is 1.98. The van der Waals surface area contributed by atoms with E-state index in [4.69, 9.17) is 5.26 Å². The summed E-state index contributed by atoms with van der Waals surface area (Å²) in [5.74, 6) is 0.0356. The van der Waals surface area contributed by atoms with Crippen molar-refractivity contribution in [2.75, 3.05) is 5.33 Å². The zero-order valence-electron chi connectivity index (χ0n) is 7.57. The van der Waals surface area contributed by atoms with Gasteiger partial charge < -0.3 is 5.11 Å². The van der Waals surface area contributed by atoms with Crippen molar-refractivity contribution >= 4 is 22.0 Å². The predicted molar refractivity (Wildman–Crippen MR) is 60.3 cm³/mol. The zero-order chi connectivity index (χ0) is 10.4. The molecule has 0 aliphatic carbocycles. The Balaban J connectivity index is 2.82. The normalized spacial score (nSPS) is 10.3. The van der Waals surface area contributed by atoms with Crippen LogP contribution in [0, 0.1) is 11.3 Å². The SMILES string of the molecule is N#Cc1ccc(C=CCCBr)cc1O. The number of hydrogen-bond acceptors (Lipinski definition) is 2. The van der Waals surface area contributed by atoms with Crippen LogP contribution in [0.5, 0.6) is 5.75 Å². The van der Waals surface area contributed by atoms with Crippen LogP contribution in [0.15, 0.2) is 24.3 Å². The van der Waals surface area contributed by atoms with Crippen molar-refractivity contribution in [3.05, 3.63) is 35.4 Å². The van der Waals surface area contributed by atoms with Gasteiger partial charge in [0, 0.05) is 5.33 Å². The summed E-state index contributed by atoms with van der Waals surface area (Å²) in [6.07, 6.45) is 4.87. The zero-order valence-corrected chi connectivity index (χ0v) is 9.16. The fourth-order valence-corrected chi connectivity index (χ4v) is 1.29. The van der Waals surface area contributed by atoms with Crippen molar-refractivity contribution in [2.45, 2.75) is 6.42 Å². The Labute approximate surface area is 91.6 Å². The number of nitrogens with zero attached hydrogens (tertiary/aromatic N) is 1. The predicted octanol–water partition coefficient (Wildman–Crippen LogP) is 3.06. The van der Waals surface area contributed by atoms with Gasteiger partial charge in [-0.05, 0) is 24.1 Å². The molecule has 0 fully saturated rings. The fraction of sp³-hybridized carbons (Fsp3) is 0.182. The van der Waals surface area contributed by atoms with E-state index >= 15 is 0 Å². The quantitative estimate of drug-likeness (QED) is 0.840. The number of phenols is 1. The van der Waals surface area contributed by atoms with Gasteiger partial charge in [-0.25, -0.2) is 0 Å². The number of benzene rings is 1. The maximum absolute atomic E-state index is 9.38. The van der Waals surface area contributed by atoms with Gasteiger partial charge in [-0.15, -0.1) is 0 Å². The Hall–Kier alpha value is -1.27. The molecule has 3 heteroatoms. The van der Waals surface area contributed by atoms with Gasteiger partial charge in [0.1, 0.15) is 11.8 Å². The van der Waals surface area contributed by atoms with Gasteiger partial charge in [0.25, 0.3) is 0 Å². The number of nitriles is 1. The van der Waals surface area contributed by atoms with Crippen molar-refractivity contribution < 1.29 is 5.11 Å². The Morgan fingerprint density at radius 1 is 1.50 bits per heavy atom. The standard InChI is InChI=1S/C11H10BrNO/c12-6-2-1-3-9-4-5-10(8-13)11(14)7-9/h1,3-5,7,14H,2,6H2. The molecule has 0 heterocycles. The summed E-state index contributed by atoms with van der Waals surface area (Å²) in [5, 5.41) is 18.9. The van der Waals surface area contributed by atoms with E-state index in [1.54, 1.807) is 12.1 Å². The van der Waals surface area contributed by atoms with E-state index in [1.165, 1.54) is 0 Å². The van der Waals surface area contributed by atoms with Crippen molar-refractivity contribution in [1.82, 2.24) is 0 Å². The second kappa shape index (κ2) is 5.46. The molecule has 1 rings (SSSR count). The van der Waals surface area contributed by atoms with Crippen molar-refractivity contribution in [2.24, 2.45) is 0 Å². The highest BCUT2D eigenvalue weighted by atomic mass is 79.9. The van der Waals surface area contributed by atoms with Crippen LogP contribution in [0.2, 0.25) is 0 Å². The minimum absolute atomic E-state index is 0.0356. The summed E-state index contributed by atoms with van der Waals surface area (Å²) in [4.78, 5) is 0. The average Bonchev–Trinajstić information content (AvgIpc) is 2.18. The van der Waals surface area contributed by atoms with Crippen LogP contribution < -0.4 is 0 Å². The molecule has 1 aromatic rings. The van der Waals surface area contributed by atoms with Gasteiger partial charge in [0.15, 0.2) is 0 Å². The Morgan fingerprint density at radius 3 is 2.86 bits per heavy atom. The number of phenolic OH excluding ortho intramolecular Hbond substituents is 1. The van der Waals surface area contributed by atoms with E-state index < -0.39 is 0 Å². The number of allylic oxidation sites excluding steroid dienone is 1. The van der Waals surface area contributed by atoms with Gasteiger partial charge in [0.05, 0.1) is 5.56 Å². The van der Waals surface area contributed by atoms with Crippen molar-refractivity contribution in [3.8, 4) is 11.8 Å². The maximum atomic E-state index is 9.38. The van der Waals surface area contributed by atoms with Gasteiger partial charge in [-0.3, -0.25) is 0 Å². The summed E-state index contributed by atoms with van der Waals surface area (Å²) in [7, 11) is 0. The van der Waals surface area contributed by atoms with Gasteiger partial charge >= 0.3 is 0 Å². The molecule has 0 aliphatic heterocycles. The lowest BCUT2D eigenvalue weighted by atomic mass is 10.1. The van der Waals surface area contributed by atoms with E-state index in [0.717, 1.165) is 17.3 Å². The third-order valence-corrected chi connectivity index (χ3v) is 2.19. The molecule has 2 nitrogen and oxygen atoms in total. The Morgan fingerprint density at radius 2 is 2.29 bits per heavy atom. The monoisotopic (exact) mass is 251 g/mol. The molecular weight excluding hydrogens is 242 g/mol. The molecule has 0 spiro atoms. The molecule has 0 atom stereocenters. The van der Waals surface area contributed by atoms with Crippen LogP contribution in [0.1, 0.15) is 17.5 Å². The molecule has 14 heavy (non-hydrogen) atoms. The third kappa shape index (κ3) is 2.90. The first kappa shape index (κ1) is 10.8. The molecule has 0 saturated carbocycles. The largest absolute Gasteiger partial charge is 0.507 e. The fourth-order valence-electron chi connectivity index (χ4n) is 1.03. The van der Waals surface area contributed by atoms with Crippen molar-refractivity contribution in [1.29, 1.82) is 5.26 Å². The molecule has 0 aromatic heterocycles. The molecule has 0 aliphatic rings. The van der Waals surface area contributed by atoms with Crippen LogP contribution in [-0.4, -0.2) is 10.4 Å².